The first-order valence-electron chi connectivity index (χ1n) is 13.5. The monoisotopic (exact) mass is 536 g/mol. The van der Waals surface area contributed by atoms with E-state index in [0.717, 1.165) is 73.1 Å². The molecule has 7 rings (SSSR count). The number of fused-ring (bicyclic) bond motifs is 3. The molecule has 0 aliphatic heterocycles. The van der Waals surface area contributed by atoms with Gasteiger partial charge in [-0.15, -0.1) is 0 Å². The Morgan fingerprint density at radius 1 is 0.659 bits per heavy atom. The predicted octanol–water partition coefficient (Wildman–Crippen LogP) is 8.45. The molecular weight excluding hydrogens is 508 g/mol. The van der Waals surface area contributed by atoms with E-state index < -0.39 is 0 Å². The van der Waals surface area contributed by atoms with Gasteiger partial charge in [0.1, 0.15) is 23.1 Å². The van der Waals surface area contributed by atoms with E-state index in [-0.39, 0.29) is 0 Å². The fraction of sp³-hybridized carbons (Fsp3) is 0.0857. The van der Waals surface area contributed by atoms with E-state index in [1.54, 1.807) is 13.3 Å². The normalized spacial score (nSPS) is 11.3. The Labute approximate surface area is 238 Å². The summed E-state index contributed by atoms with van der Waals surface area (Å²) in [7, 11) is 1.67. The molecule has 7 aromatic rings. The lowest BCUT2D eigenvalue weighted by molar-refractivity contribution is 0.414. The molecule has 0 spiro atoms. The molecule has 0 atom stereocenters. The van der Waals surface area contributed by atoms with Gasteiger partial charge in [-0.3, -0.25) is 4.57 Å². The van der Waals surface area contributed by atoms with Crippen molar-refractivity contribution in [2.24, 2.45) is 0 Å². The minimum absolute atomic E-state index is 0.734. The number of hydrogen-bond donors (Lipinski definition) is 0. The number of hydrogen-bond acceptors (Lipinski definition) is 4. The van der Waals surface area contributed by atoms with Crippen LogP contribution in [0.1, 0.15) is 11.4 Å². The van der Waals surface area contributed by atoms with Gasteiger partial charge in [0.25, 0.3) is 0 Å². The van der Waals surface area contributed by atoms with Gasteiger partial charge < -0.3 is 9.47 Å². The molecule has 0 aliphatic rings. The minimum atomic E-state index is 0.734. The second-order valence-corrected chi connectivity index (χ2v) is 10.0. The number of benzene rings is 4. The van der Waals surface area contributed by atoms with Crippen LogP contribution in [0, 0.1) is 13.8 Å². The van der Waals surface area contributed by atoms with Crippen molar-refractivity contribution in [3.8, 4) is 39.9 Å². The Morgan fingerprint density at radius 2 is 1.44 bits per heavy atom. The lowest BCUT2D eigenvalue weighted by Gasteiger charge is -2.11. The zero-order valence-electron chi connectivity index (χ0n) is 23.1. The Balaban J connectivity index is 1.29. The first-order valence-corrected chi connectivity index (χ1v) is 13.5. The Morgan fingerprint density at radius 3 is 2.29 bits per heavy atom. The Hall–Kier alpha value is -5.36. The molecule has 0 bridgehead atoms. The number of ether oxygens (including phenoxy) is 2. The summed E-state index contributed by atoms with van der Waals surface area (Å²) in [5.41, 5.74) is 7.41. The van der Waals surface area contributed by atoms with Gasteiger partial charge in [0.05, 0.1) is 29.5 Å². The van der Waals surface area contributed by atoms with Crippen LogP contribution in [0.4, 0.5) is 0 Å². The van der Waals surface area contributed by atoms with Crippen molar-refractivity contribution < 1.29 is 9.47 Å². The van der Waals surface area contributed by atoms with Crippen LogP contribution in [-0.4, -0.2) is 26.4 Å². The van der Waals surface area contributed by atoms with E-state index >= 15 is 0 Å². The molecule has 0 amide bonds. The van der Waals surface area contributed by atoms with Crippen molar-refractivity contribution in [3.05, 3.63) is 127 Å². The number of methoxy groups -OCH3 is 1. The Kier molecular flexibility index (Phi) is 6.01. The van der Waals surface area contributed by atoms with E-state index in [1.807, 2.05) is 53.2 Å². The van der Waals surface area contributed by atoms with Crippen LogP contribution in [0.3, 0.4) is 0 Å². The summed E-state index contributed by atoms with van der Waals surface area (Å²) in [4.78, 5) is 4.66. The third kappa shape index (κ3) is 4.30. The molecule has 6 nitrogen and oxygen atoms in total. The fourth-order valence-corrected chi connectivity index (χ4v) is 5.64. The zero-order valence-corrected chi connectivity index (χ0v) is 23.1. The van der Waals surface area contributed by atoms with Gasteiger partial charge >= 0.3 is 0 Å². The summed E-state index contributed by atoms with van der Waals surface area (Å²) in [6, 6.07) is 36.8. The largest absolute Gasteiger partial charge is 0.497 e. The van der Waals surface area contributed by atoms with E-state index in [0.29, 0.717) is 0 Å². The van der Waals surface area contributed by atoms with Crippen molar-refractivity contribution >= 4 is 21.8 Å². The summed E-state index contributed by atoms with van der Waals surface area (Å²) < 4.78 is 16.1. The van der Waals surface area contributed by atoms with Crippen molar-refractivity contribution in [3.63, 3.8) is 0 Å². The molecule has 41 heavy (non-hydrogen) atoms. The van der Waals surface area contributed by atoms with E-state index in [4.69, 9.17) is 14.6 Å². The third-order valence-corrected chi connectivity index (χ3v) is 7.48. The predicted molar refractivity (Wildman–Crippen MR) is 164 cm³/mol. The van der Waals surface area contributed by atoms with Crippen LogP contribution in [0.5, 0.6) is 17.2 Å². The van der Waals surface area contributed by atoms with Crippen LogP contribution in [-0.2, 0) is 0 Å². The first kappa shape index (κ1) is 24.7. The molecule has 200 valence electrons. The highest BCUT2D eigenvalue weighted by atomic mass is 16.5. The SMILES string of the molecule is COc1ccnc(-n2c3ccccc3c3ccc(Oc4cccc(-n5nc(C)c(-c6ccccc6)c5C)c4)cc32)c1. The lowest BCUT2D eigenvalue weighted by atomic mass is 10.0. The molecule has 4 aromatic carbocycles. The number of aromatic nitrogens is 4. The van der Waals surface area contributed by atoms with E-state index in [1.165, 1.54) is 0 Å². The van der Waals surface area contributed by atoms with Crippen molar-refractivity contribution in [2.75, 3.05) is 7.11 Å². The second kappa shape index (κ2) is 9.99. The highest BCUT2D eigenvalue weighted by molar-refractivity contribution is 6.09. The van der Waals surface area contributed by atoms with Crippen LogP contribution < -0.4 is 9.47 Å². The van der Waals surface area contributed by atoms with Gasteiger partial charge in [0.2, 0.25) is 0 Å². The number of aryl methyl sites for hydroxylation is 1. The first-order chi connectivity index (χ1) is 20.1. The van der Waals surface area contributed by atoms with Crippen molar-refractivity contribution in [1.29, 1.82) is 0 Å². The van der Waals surface area contributed by atoms with Crippen molar-refractivity contribution in [2.45, 2.75) is 13.8 Å². The molecule has 0 N–H and O–H groups in total. The molecule has 0 aliphatic carbocycles. The lowest BCUT2D eigenvalue weighted by Crippen LogP contribution is -1.99. The maximum Gasteiger partial charge on any atom is 0.141 e. The van der Waals surface area contributed by atoms with E-state index in [9.17, 15) is 0 Å². The summed E-state index contributed by atoms with van der Waals surface area (Å²) in [5, 5.41) is 7.15. The number of nitrogens with zero attached hydrogens (tertiary/aromatic N) is 4. The maximum absolute atomic E-state index is 6.44. The third-order valence-electron chi connectivity index (χ3n) is 7.48. The maximum atomic E-state index is 6.44. The molecule has 0 saturated heterocycles. The smallest absolute Gasteiger partial charge is 0.141 e. The van der Waals surface area contributed by atoms with Gasteiger partial charge in [0, 0.05) is 46.4 Å². The van der Waals surface area contributed by atoms with Gasteiger partial charge in [-0.1, -0.05) is 54.6 Å². The average Bonchev–Trinajstić information content (AvgIpc) is 3.50. The fourth-order valence-electron chi connectivity index (χ4n) is 5.64. The van der Waals surface area contributed by atoms with Gasteiger partial charge in [-0.05, 0) is 55.8 Å². The summed E-state index contributed by atoms with van der Waals surface area (Å²) in [6.07, 6.45) is 1.77. The molecule has 0 fully saturated rings. The summed E-state index contributed by atoms with van der Waals surface area (Å²) in [6.45, 7) is 4.16. The second-order valence-electron chi connectivity index (χ2n) is 10.0. The molecule has 0 radical (unpaired) electrons. The molecule has 0 unspecified atom stereocenters. The van der Waals surface area contributed by atoms with Gasteiger partial charge in [-0.25, -0.2) is 9.67 Å². The highest BCUT2D eigenvalue weighted by Crippen LogP contribution is 2.36. The molecule has 3 heterocycles. The van der Waals surface area contributed by atoms with Crippen molar-refractivity contribution in [1.82, 2.24) is 19.3 Å². The van der Waals surface area contributed by atoms with Crippen LogP contribution in [0.25, 0.3) is 44.4 Å². The average molecular weight is 537 g/mol. The van der Waals surface area contributed by atoms with Gasteiger partial charge in [0.15, 0.2) is 0 Å². The number of rotatable bonds is 6. The minimum Gasteiger partial charge on any atom is -0.497 e. The van der Waals surface area contributed by atoms with Crippen LogP contribution in [0.2, 0.25) is 0 Å². The standard InChI is InChI=1S/C35H28N4O2/c1-23-35(25-10-5-4-6-11-25)24(2)39(37-23)26-12-9-13-28(20-26)41-29-16-17-31-30-14-7-8-15-32(30)38(33(31)21-29)34-22-27(40-3)18-19-36-34/h4-22H,1-3H3. The summed E-state index contributed by atoms with van der Waals surface area (Å²) >= 11 is 0. The highest BCUT2D eigenvalue weighted by Gasteiger charge is 2.16. The topological polar surface area (TPSA) is 54.1 Å². The van der Waals surface area contributed by atoms with Crippen LogP contribution in [0.15, 0.2) is 115 Å². The molecule has 0 saturated carbocycles. The Bertz CT molecular complexity index is 2040. The summed E-state index contributed by atoms with van der Waals surface area (Å²) in [5.74, 6) is 3.01. The van der Waals surface area contributed by atoms with Crippen LogP contribution >= 0.6 is 0 Å². The number of pyridine rings is 1. The molecular formula is C35H28N4O2. The number of para-hydroxylation sites is 1. The quantitative estimate of drug-likeness (QED) is 0.214. The zero-order chi connectivity index (χ0) is 27.9. The van der Waals surface area contributed by atoms with E-state index in [2.05, 4.69) is 84.1 Å². The molecule has 6 heteroatoms. The van der Waals surface area contributed by atoms with Gasteiger partial charge in [-0.2, -0.15) is 5.10 Å². The molecule has 3 aromatic heterocycles.